The number of carboxylic acid groups (broad SMARTS) is 1. The number of carbonyl (C=O) groups is 1. The molecule has 0 aromatic heterocycles. The van der Waals surface area contributed by atoms with Crippen molar-refractivity contribution in [1.82, 2.24) is 4.31 Å². The maximum atomic E-state index is 13.9. The van der Waals surface area contributed by atoms with Crippen molar-refractivity contribution in [1.29, 1.82) is 0 Å². The van der Waals surface area contributed by atoms with Gasteiger partial charge in [0, 0.05) is 38.2 Å². The quantitative estimate of drug-likeness (QED) is 0.166. The first-order valence-corrected chi connectivity index (χ1v) is 15.8. The fraction of sp³-hybridized carbons (Fsp3) is 0.567. The summed E-state index contributed by atoms with van der Waals surface area (Å²) < 4.78 is 79.6. The van der Waals surface area contributed by atoms with E-state index in [0.29, 0.717) is 0 Å². The van der Waals surface area contributed by atoms with Crippen molar-refractivity contribution in [2.45, 2.75) is 95.0 Å². The Hall–Kier alpha value is -2.86. The molecule has 1 heterocycles. The summed E-state index contributed by atoms with van der Waals surface area (Å²) in [6.07, 6.45) is 4.79. The summed E-state index contributed by atoms with van der Waals surface area (Å²) >= 11 is 0. The standard InChI is InChI=1S/C17H26F3NO.C13H16FNO4S/c1-2-3-4-5-6-7-8-9-14-21-15-10-12-16(13-11-15)22-17(18,19)20;1-10-2-4-11(5-3-10)20(18,19)15-8-6-13(14,7-9-15)12(16)17/h10-13,21H,2-9,14H2,1H3;2-5H,6-9H2,1H3,(H,16,17). The largest absolute Gasteiger partial charge is 0.573 e. The molecule has 2 N–H and O–H groups in total. The van der Waals surface area contributed by atoms with Crippen LogP contribution < -0.4 is 10.1 Å². The molecule has 0 saturated carbocycles. The van der Waals surface area contributed by atoms with Crippen LogP contribution in [-0.4, -0.2) is 55.5 Å². The van der Waals surface area contributed by atoms with Gasteiger partial charge in [-0.2, -0.15) is 4.31 Å². The Morgan fingerprint density at radius 3 is 1.95 bits per heavy atom. The summed E-state index contributed by atoms with van der Waals surface area (Å²) in [4.78, 5) is 10.9. The van der Waals surface area contributed by atoms with Gasteiger partial charge in [-0.25, -0.2) is 17.6 Å². The first kappa shape index (κ1) is 35.3. The van der Waals surface area contributed by atoms with Crippen LogP contribution in [0.3, 0.4) is 0 Å². The van der Waals surface area contributed by atoms with Gasteiger partial charge in [0.1, 0.15) is 5.75 Å². The maximum absolute atomic E-state index is 13.9. The lowest BCUT2D eigenvalue weighted by molar-refractivity contribution is -0.274. The Morgan fingerprint density at radius 2 is 1.45 bits per heavy atom. The van der Waals surface area contributed by atoms with Crippen molar-refractivity contribution in [3.05, 3.63) is 54.1 Å². The van der Waals surface area contributed by atoms with Crippen molar-refractivity contribution >= 4 is 21.7 Å². The number of rotatable bonds is 14. The number of unbranched alkanes of at least 4 members (excludes halogenated alkanes) is 7. The third kappa shape index (κ3) is 12.2. The molecule has 2 aromatic rings. The summed E-state index contributed by atoms with van der Waals surface area (Å²) in [6.45, 7) is 4.65. The van der Waals surface area contributed by atoms with E-state index in [1.54, 1.807) is 24.3 Å². The van der Waals surface area contributed by atoms with Gasteiger partial charge in [-0.3, -0.25) is 0 Å². The number of halogens is 4. The average Bonchev–Trinajstić information content (AvgIpc) is 2.93. The molecule has 236 valence electrons. The van der Waals surface area contributed by atoms with Crippen molar-refractivity contribution in [2.24, 2.45) is 0 Å². The molecular weight excluding hydrogens is 576 g/mol. The van der Waals surface area contributed by atoms with Gasteiger partial charge in [-0.05, 0) is 49.7 Å². The van der Waals surface area contributed by atoms with E-state index < -0.39 is 28.0 Å². The lowest BCUT2D eigenvalue weighted by atomic mass is 9.95. The van der Waals surface area contributed by atoms with Gasteiger partial charge >= 0.3 is 12.3 Å². The topological polar surface area (TPSA) is 95.9 Å². The molecular formula is C30H42F4N2O5S. The molecule has 0 radical (unpaired) electrons. The molecule has 2 aromatic carbocycles. The molecule has 0 amide bonds. The van der Waals surface area contributed by atoms with Crippen LogP contribution >= 0.6 is 0 Å². The van der Waals surface area contributed by atoms with Crippen LogP contribution in [0.1, 0.15) is 76.7 Å². The van der Waals surface area contributed by atoms with Crippen molar-refractivity contribution in [3.8, 4) is 5.75 Å². The van der Waals surface area contributed by atoms with Crippen molar-refractivity contribution in [3.63, 3.8) is 0 Å². The van der Waals surface area contributed by atoms with E-state index in [0.717, 1.165) is 28.5 Å². The van der Waals surface area contributed by atoms with E-state index in [1.807, 2.05) is 6.92 Å². The van der Waals surface area contributed by atoms with E-state index in [2.05, 4.69) is 17.0 Å². The minimum atomic E-state index is -4.63. The van der Waals surface area contributed by atoms with Gasteiger partial charge in [0.15, 0.2) is 0 Å². The average molecular weight is 619 g/mol. The van der Waals surface area contributed by atoms with Crippen molar-refractivity contribution < 1.29 is 40.6 Å². The van der Waals surface area contributed by atoms with Crippen LogP contribution in [0.25, 0.3) is 0 Å². The Morgan fingerprint density at radius 1 is 0.929 bits per heavy atom. The van der Waals surface area contributed by atoms with E-state index in [1.165, 1.54) is 69.2 Å². The number of aryl methyl sites for hydroxylation is 1. The normalized spacial score (nSPS) is 15.4. The number of benzene rings is 2. The number of nitrogens with one attached hydrogen (secondary N) is 1. The van der Waals surface area contributed by atoms with Gasteiger partial charge < -0.3 is 15.2 Å². The number of anilines is 1. The second kappa shape index (κ2) is 16.7. The number of piperidine rings is 1. The molecule has 0 spiro atoms. The molecule has 12 heteroatoms. The van der Waals surface area contributed by atoms with Gasteiger partial charge in [-0.1, -0.05) is 69.6 Å². The van der Waals surface area contributed by atoms with E-state index in [4.69, 9.17) is 5.11 Å². The van der Waals surface area contributed by atoms with Crippen LogP contribution in [0.15, 0.2) is 53.4 Å². The summed E-state index contributed by atoms with van der Waals surface area (Å²) in [5, 5.41) is 12.0. The lowest BCUT2D eigenvalue weighted by Crippen LogP contribution is -2.48. The third-order valence-corrected chi connectivity index (χ3v) is 8.92. The first-order valence-electron chi connectivity index (χ1n) is 14.4. The fourth-order valence-electron chi connectivity index (χ4n) is 4.42. The van der Waals surface area contributed by atoms with Gasteiger partial charge in [0.05, 0.1) is 4.90 Å². The molecule has 0 unspecified atom stereocenters. The van der Waals surface area contributed by atoms with E-state index >= 15 is 0 Å². The van der Waals surface area contributed by atoms with Gasteiger partial charge in [0.25, 0.3) is 0 Å². The number of nitrogens with zero attached hydrogens (tertiary/aromatic N) is 1. The Balaban J connectivity index is 0.000000294. The summed E-state index contributed by atoms with van der Waals surface area (Å²) in [6, 6.07) is 12.2. The first-order chi connectivity index (χ1) is 19.8. The zero-order chi connectivity index (χ0) is 31.2. The second-order valence-electron chi connectivity index (χ2n) is 10.5. The highest BCUT2D eigenvalue weighted by molar-refractivity contribution is 7.89. The molecule has 0 bridgehead atoms. The third-order valence-electron chi connectivity index (χ3n) is 7.00. The minimum Gasteiger partial charge on any atom is -0.479 e. The van der Waals surface area contributed by atoms with Crippen LogP contribution in [0, 0.1) is 6.92 Å². The Bertz CT molecular complexity index is 1180. The van der Waals surface area contributed by atoms with Crippen molar-refractivity contribution in [2.75, 3.05) is 25.0 Å². The number of aliphatic carboxylic acids is 1. The van der Waals surface area contributed by atoms with E-state index in [9.17, 15) is 30.8 Å². The lowest BCUT2D eigenvalue weighted by Gasteiger charge is -2.32. The molecule has 7 nitrogen and oxygen atoms in total. The molecule has 1 saturated heterocycles. The molecule has 0 atom stereocenters. The minimum absolute atomic E-state index is 0.126. The Labute approximate surface area is 246 Å². The summed E-state index contributed by atoms with van der Waals surface area (Å²) in [5.41, 5.74) is -0.562. The van der Waals surface area contributed by atoms with Crippen LogP contribution in [0.5, 0.6) is 5.75 Å². The Kier molecular flexibility index (Phi) is 14.0. The van der Waals surface area contributed by atoms with Crippen LogP contribution in [-0.2, 0) is 14.8 Å². The number of sulfonamides is 1. The van der Waals surface area contributed by atoms with Gasteiger partial charge in [0.2, 0.25) is 15.7 Å². The number of hydrogen-bond acceptors (Lipinski definition) is 5. The molecule has 0 aliphatic carbocycles. The molecule has 42 heavy (non-hydrogen) atoms. The van der Waals surface area contributed by atoms with Crippen LogP contribution in [0.2, 0.25) is 0 Å². The smallest absolute Gasteiger partial charge is 0.479 e. The highest BCUT2D eigenvalue weighted by Crippen LogP contribution is 2.30. The molecule has 3 rings (SSSR count). The fourth-order valence-corrected chi connectivity index (χ4v) is 5.86. The maximum Gasteiger partial charge on any atom is 0.573 e. The molecule has 1 fully saturated rings. The second-order valence-corrected chi connectivity index (χ2v) is 12.4. The highest BCUT2D eigenvalue weighted by atomic mass is 32.2. The number of alkyl halides is 4. The SMILES string of the molecule is CCCCCCCCCCNc1ccc(OC(F)(F)F)cc1.Cc1ccc(S(=O)(=O)N2CCC(F)(C(=O)O)CC2)cc1. The predicted molar refractivity (Wildman–Crippen MR) is 155 cm³/mol. The zero-order valence-corrected chi connectivity index (χ0v) is 25.1. The predicted octanol–water partition coefficient (Wildman–Crippen LogP) is 7.71. The highest BCUT2D eigenvalue weighted by Gasteiger charge is 2.44. The number of ether oxygens (including phenoxy) is 1. The van der Waals surface area contributed by atoms with Gasteiger partial charge in [-0.15, -0.1) is 13.2 Å². The number of carboxylic acids is 1. The summed E-state index contributed by atoms with van der Waals surface area (Å²) in [7, 11) is -3.68. The number of hydrogen-bond donors (Lipinski definition) is 2. The van der Waals surface area contributed by atoms with E-state index in [-0.39, 0.29) is 36.6 Å². The molecule has 1 aliphatic heterocycles. The molecule has 1 aliphatic rings. The summed E-state index contributed by atoms with van der Waals surface area (Å²) in [5.74, 6) is -1.71. The zero-order valence-electron chi connectivity index (χ0n) is 24.3. The monoisotopic (exact) mass is 618 g/mol. The van der Waals surface area contributed by atoms with Crippen LogP contribution in [0.4, 0.5) is 23.2 Å².